The summed E-state index contributed by atoms with van der Waals surface area (Å²) < 4.78 is 0. The Morgan fingerprint density at radius 1 is 1.14 bits per heavy atom. The van der Waals surface area contributed by atoms with Crippen LogP contribution in [0.5, 0.6) is 0 Å². The lowest BCUT2D eigenvalue weighted by Gasteiger charge is -2.38. The number of allylic oxidation sites excluding steroid dienone is 2. The maximum Gasteiger partial charge on any atom is 0.269 e. The number of nitro groups is 1. The molecule has 0 unspecified atom stereocenters. The number of carbonyl (C=O) groups is 1. The molecule has 6 heteroatoms. The summed E-state index contributed by atoms with van der Waals surface area (Å²) in [6, 6.07) is 12.8. The van der Waals surface area contributed by atoms with E-state index < -0.39 is 0 Å². The number of nitro benzene ring substituents is 1. The second kappa shape index (κ2) is 7.03. The number of nitrogens with one attached hydrogen (secondary N) is 1. The number of non-ortho nitro benzene ring substituents is 1. The van der Waals surface area contributed by atoms with Gasteiger partial charge in [-0.3, -0.25) is 14.9 Å². The summed E-state index contributed by atoms with van der Waals surface area (Å²) in [6.45, 7) is 1.62. The van der Waals surface area contributed by atoms with Gasteiger partial charge in [0.25, 0.3) is 11.6 Å². The first-order valence-electron chi connectivity index (χ1n) is 10.2. The molecule has 0 bridgehead atoms. The second-order valence-electron chi connectivity index (χ2n) is 8.10. The monoisotopic (exact) mass is 389 g/mol. The van der Waals surface area contributed by atoms with Crippen LogP contribution in [0.25, 0.3) is 0 Å². The smallest absolute Gasteiger partial charge is 0.269 e. The summed E-state index contributed by atoms with van der Waals surface area (Å²) in [5, 5.41) is 14.9. The summed E-state index contributed by atoms with van der Waals surface area (Å²) in [6.07, 6.45) is 7.43. The number of carbonyl (C=O) groups excluding carboxylic acids is 1. The van der Waals surface area contributed by atoms with E-state index >= 15 is 0 Å². The highest BCUT2D eigenvalue weighted by molar-refractivity contribution is 6.01. The molecule has 1 fully saturated rings. The molecule has 29 heavy (non-hydrogen) atoms. The van der Waals surface area contributed by atoms with Gasteiger partial charge in [0.1, 0.15) is 0 Å². The number of nitrogens with zero attached hydrogens (tertiary/aromatic N) is 2. The Labute approximate surface area is 169 Å². The number of rotatable bonds is 3. The van der Waals surface area contributed by atoms with Gasteiger partial charge in [0.05, 0.1) is 22.2 Å². The van der Waals surface area contributed by atoms with Gasteiger partial charge in [0, 0.05) is 31.1 Å². The van der Waals surface area contributed by atoms with Crippen molar-refractivity contribution < 1.29 is 9.72 Å². The molecule has 3 atom stereocenters. The van der Waals surface area contributed by atoms with Crippen molar-refractivity contribution >= 4 is 17.3 Å². The minimum atomic E-state index is -0.354. The summed E-state index contributed by atoms with van der Waals surface area (Å²) >= 11 is 0. The van der Waals surface area contributed by atoms with Crippen LogP contribution in [0.4, 0.5) is 11.4 Å². The Bertz CT molecular complexity index is 1010. The number of fused-ring (bicyclic) bond motifs is 3. The molecule has 1 aliphatic carbocycles. The quantitative estimate of drug-likeness (QED) is 0.471. The molecule has 0 aromatic heterocycles. The maximum absolute atomic E-state index is 13.2. The van der Waals surface area contributed by atoms with Crippen molar-refractivity contribution in [1.29, 1.82) is 0 Å². The maximum atomic E-state index is 13.2. The second-order valence-corrected chi connectivity index (χ2v) is 8.10. The molecule has 6 nitrogen and oxygen atoms in total. The van der Waals surface area contributed by atoms with E-state index in [0.29, 0.717) is 5.56 Å². The highest BCUT2D eigenvalue weighted by Crippen LogP contribution is 2.51. The van der Waals surface area contributed by atoms with E-state index in [1.807, 2.05) is 23.1 Å². The molecule has 2 aromatic carbocycles. The number of para-hydroxylation sites is 1. The van der Waals surface area contributed by atoms with Crippen LogP contribution in [0.2, 0.25) is 0 Å². The van der Waals surface area contributed by atoms with Crippen molar-refractivity contribution in [2.45, 2.75) is 31.2 Å². The van der Waals surface area contributed by atoms with Gasteiger partial charge < -0.3 is 10.2 Å². The molecule has 0 spiro atoms. The van der Waals surface area contributed by atoms with E-state index in [9.17, 15) is 14.9 Å². The molecular formula is C23H23N3O3. The number of likely N-dealkylation sites (tertiary alicyclic amines) is 1. The molecule has 1 saturated heterocycles. The predicted octanol–water partition coefficient (Wildman–Crippen LogP) is 4.66. The summed E-state index contributed by atoms with van der Waals surface area (Å²) in [5.41, 5.74) is 3.73. The SMILES string of the molecule is O=C(c1cccc2c1N[C@H](c1cccc([N+](=O)[O-])c1)[C@H]1CC=C[C@H]21)N1CCCC1. The summed E-state index contributed by atoms with van der Waals surface area (Å²) in [4.78, 5) is 26.0. The van der Waals surface area contributed by atoms with E-state index in [1.165, 1.54) is 6.07 Å². The molecule has 0 radical (unpaired) electrons. The summed E-state index contributed by atoms with van der Waals surface area (Å²) in [5.74, 6) is 0.563. The summed E-state index contributed by atoms with van der Waals surface area (Å²) in [7, 11) is 0. The molecule has 148 valence electrons. The third-order valence-corrected chi connectivity index (χ3v) is 6.46. The van der Waals surface area contributed by atoms with E-state index in [2.05, 4.69) is 23.5 Å². The lowest BCUT2D eigenvalue weighted by Crippen LogP contribution is -2.33. The Balaban J connectivity index is 1.57. The van der Waals surface area contributed by atoms with Gasteiger partial charge in [-0.15, -0.1) is 0 Å². The van der Waals surface area contributed by atoms with Crippen molar-refractivity contribution in [3.63, 3.8) is 0 Å². The first-order chi connectivity index (χ1) is 14.1. The Morgan fingerprint density at radius 3 is 2.72 bits per heavy atom. The third-order valence-electron chi connectivity index (χ3n) is 6.46. The van der Waals surface area contributed by atoms with Crippen LogP contribution in [-0.2, 0) is 0 Å². The van der Waals surface area contributed by atoms with Gasteiger partial charge in [0.15, 0.2) is 0 Å². The van der Waals surface area contributed by atoms with E-state index in [0.717, 1.165) is 49.2 Å². The molecular weight excluding hydrogens is 366 g/mol. The van der Waals surface area contributed by atoms with Crippen LogP contribution in [-0.4, -0.2) is 28.8 Å². The van der Waals surface area contributed by atoms with Gasteiger partial charge in [-0.05, 0) is 42.4 Å². The Morgan fingerprint density at radius 2 is 1.93 bits per heavy atom. The number of benzene rings is 2. The van der Waals surface area contributed by atoms with Gasteiger partial charge in [-0.25, -0.2) is 0 Å². The fourth-order valence-electron chi connectivity index (χ4n) is 5.05. The average molecular weight is 389 g/mol. The van der Waals surface area contributed by atoms with Crippen molar-refractivity contribution in [3.05, 3.63) is 81.4 Å². The van der Waals surface area contributed by atoms with Crippen molar-refractivity contribution in [2.75, 3.05) is 18.4 Å². The highest BCUT2D eigenvalue weighted by atomic mass is 16.6. The minimum Gasteiger partial charge on any atom is -0.377 e. The first kappa shape index (κ1) is 17.9. The zero-order valence-electron chi connectivity index (χ0n) is 16.1. The normalized spacial score (nSPS) is 24.7. The molecule has 1 N–H and O–H groups in total. The minimum absolute atomic E-state index is 0.0741. The molecule has 0 saturated carbocycles. The zero-order chi connectivity index (χ0) is 20.0. The van der Waals surface area contributed by atoms with Crippen LogP contribution < -0.4 is 5.32 Å². The van der Waals surface area contributed by atoms with Crippen molar-refractivity contribution in [1.82, 2.24) is 4.90 Å². The lowest BCUT2D eigenvalue weighted by molar-refractivity contribution is -0.384. The predicted molar refractivity (Wildman–Crippen MR) is 111 cm³/mol. The molecule has 2 aliphatic heterocycles. The third kappa shape index (κ3) is 2.99. The highest BCUT2D eigenvalue weighted by Gasteiger charge is 2.40. The lowest BCUT2D eigenvalue weighted by atomic mass is 9.76. The molecule has 1 amide bonds. The van der Waals surface area contributed by atoms with Crippen molar-refractivity contribution in [2.24, 2.45) is 5.92 Å². The molecule has 2 heterocycles. The zero-order valence-corrected chi connectivity index (χ0v) is 16.1. The number of hydrogen-bond donors (Lipinski definition) is 1. The van der Waals surface area contributed by atoms with E-state index in [4.69, 9.17) is 0 Å². The fraction of sp³-hybridized carbons (Fsp3) is 0.348. The number of amides is 1. The number of hydrogen-bond acceptors (Lipinski definition) is 4. The van der Waals surface area contributed by atoms with Crippen LogP contribution in [0.1, 0.15) is 52.7 Å². The first-order valence-corrected chi connectivity index (χ1v) is 10.2. The average Bonchev–Trinajstić information content (AvgIpc) is 3.44. The van der Waals surface area contributed by atoms with Gasteiger partial charge in [-0.2, -0.15) is 0 Å². The number of anilines is 1. The van der Waals surface area contributed by atoms with Crippen LogP contribution in [0.3, 0.4) is 0 Å². The molecule has 2 aromatic rings. The van der Waals surface area contributed by atoms with E-state index in [-0.39, 0.29) is 34.4 Å². The Kier molecular flexibility index (Phi) is 4.34. The van der Waals surface area contributed by atoms with Gasteiger partial charge >= 0.3 is 0 Å². The van der Waals surface area contributed by atoms with Crippen LogP contribution >= 0.6 is 0 Å². The molecule has 3 aliphatic rings. The molecule has 5 rings (SSSR count). The largest absolute Gasteiger partial charge is 0.377 e. The topological polar surface area (TPSA) is 75.5 Å². The van der Waals surface area contributed by atoms with Gasteiger partial charge in [0.2, 0.25) is 0 Å². The van der Waals surface area contributed by atoms with Crippen LogP contribution in [0.15, 0.2) is 54.6 Å². The Hall–Kier alpha value is -3.15. The van der Waals surface area contributed by atoms with E-state index in [1.54, 1.807) is 12.1 Å². The van der Waals surface area contributed by atoms with Crippen molar-refractivity contribution in [3.8, 4) is 0 Å². The van der Waals surface area contributed by atoms with Gasteiger partial charge in [-0.1, -0.05) is 36.4 Å². The standard InChI is InChI=1S/C23H23N3O3/c27-23(25-12-1-2-13-25)20-11-5-10-19-17-8-4-9-18(17)21(24-22(19)20)15-6-3-7-16(14-15)26(28)29/h3-8,10-11,14,17-18,21,24H,1-2,9,12-13H2/t17-,18-,21+/m0/s1. The van der Waals surface area contributed by atoms with Crippen LogP contribution in [0, 0.1) is 16.0 Å². The fourth-order valence-corrected chi connectivity index (χ4v) is 5.05.